The number of rotatable bonds is 2. The molecule has 0 spiro atoms. The van der Waals surface area contributed by atoms with Crippen LogP contribution in [0.2, 0.25) is 0 Å². The van der Waals surface area contributed by atoms with Gasteiger partial charge in [-0.1, -0.05) is 24.3 Å². The van der Waals surface area contributed by atoms with Gasteiger partial charge >= 0.3 is 5.69 Å². The van der Waals surface area contributed by atoms with Crippen molar-refractivity contribution in [1.29, 1.82) is 0 Å². The Kier molecular flexibility index (Phi) is 2.90. The third kappa shape index (κ3) is 2.07. The highest BCUT2D eigenvalue weighted by molar-refractivity contribution is 5.79. The zero-order valence-electron chi connectivity index (χ0n) is 12.7. The minimum absolute atomic E-state index is 0.302. The first-order valence-electron chi connectivity index (χ1n) is 7.25. The molecule has 23 heavy (non-hydrogen) atoms. The summed E-state index contributed by atoms with van der Waals surface area (Å²) in [5.74, 6) is 1.00. The fourth-order valence-electron chi connectivity index (χ4n) is 2.58. The van der Waals surface area contributed by atoms with Crippen molar-refractivity contribution in [3.05, 3.63) is 64.1 Å². The first kappa shape index (κ1) is 13.5. The van der Waals surface area contributed by atoms with Gasteiger partial charge in [0.05, 0.1) is 11.0 Å². The lowest BCUT2D eigenvalue weighted by molar-refractivity contribution is 0.463. The van der Waals surface area contributed by atoms with Crippen LogP contribution < -0.4 is 10.4 Å². The van der Waals surface area contributed by atoms with E-state index in [0.29, 0.717) is 28.3 Å². The molecule has 0 saturated heterocycles. The van der Waals surface area contributed by atoms with E-state index in [1.165, 1.54) is 4.40 Å². The van der Waals surface area contributed by atoms with Crippen LogP contribution in [0, 0.1) is 13.8 Å². The summed E-state index contributed by atoms with van der Waals surface area (Å²) in [5.41, 5.74) is 3.56. The molecule has 6 nitrogen and oxygen atoms in total. The lowest BCUT2D eigenvalue weighted by atomic mass is 10.1. The van der Waals surface area contributed by atoms with Gasteiger partial charge in [0.1, 0.15) is 5.75 Å². The first-order valence-corrected chi connectivity index (χ1v) is 7.25. The Morgan fingerprint density at radius 1 is 1.09 bits per heavy atom. The molecule has 0 saturated carbocycles. The van der Waals surface area contributed by atoms with Gasteiger partial charge < -0.3 is 4.74 Å². The molecule has 2 aromatic heterocycles. The molecule has 0 amide bonds. The lowest BCUT2D eigenvalue weighted by Gasteiger charge is -2.11. The molecule has 6 heteroatoms. The van der Waals surface area contributed by atoms with E-state index in [2.05, 4.69) is 15.2 Å². The molecular weight excluding hydrogens is 292 g/mol. The van der Waals surface area contributed by atoms with Crippen LogP contribution in [0.3, 0.4) is 0 Å². The fourth-order valence-corrected chi connectivity index (χ4v) is 2.58. The summed E-state index contributed by atoms with van der Waals surface area (Å²) in [5, 5.41) is 6.51. The molecule has 4 rings (SSSR count). The Morgan fingerprint density at radius 2 is 1.91 bits per heavy atom. The van der Waals surface area contributed by atoms with Gasteiger partial charge in [0.15, 0.2) is 0 Å². The van der Waals surface area contributed by atoms with Gasteiger partial charge in [0.25, 0.3) is 5.88 Å². The van der Waals surface area contributed by atoms with Gasteiger partial charge in [-0.3, -0.25) is 0 Å². The number of hydrogen-bond acceptors (Lipinski definition) is 4. The Balaban J connectivity index is 1.99. The Morgan fingerprint density at radius 3 is 2.78 bits per heavy atom. The number of aromatic amines is 1. The maximum atomic E-state index is 12.1. The molecular formula is C17H14N4O2. The standard InChI is InChI=1S/C17H14N4O2/c1-10-6-5-9-14(11(10)2)23-16-15-19-20-17(22)21(15)13-8-4-3-7-12(13)18-16/h3-9H,1-2H3,(H,20,22). The highest BCUT2D eigenvalue weighted by Gasteiger charge is 2.15. The van der Waals surface area contributed by atoms with Crippen molar-refractivity contribution in [2.24, 2.45) is 0 Å². The molecule has 0 bridgehead atoms. The predicted octanol–water partition coefficient (Wildman–Crippen LogP) is 2.98. The molecule has 0 unspecified atom stereocenters. The summed E-state index contributed by atoms with van der Waals surface area (Å²) in [6, 6.07) is 13.2. The number of ether oxygens (including phenoxy) is 1. The van der Waals surface area contributed by atoms with Crippen molar-refractivity contribution in [1.82, 2.24) is 19.6 Å². The number of benzene rings is 2. The molecule has 0 fully saturated rings. The molecule has 0 aliphatic carbocycles. The van der Waals surface area contributed by atoms with E-state index in [9.17, 15) is 4.79 Å². The second kappa shape index (κ2) is 4.95. The third-order valence-electron chi connectivity index (χ3n) is 3.97. The molecule has 2 heterocycles. The van der Waals surface area contributed by atoms with E-state index in [0.717, 1.165) is 11.1 Å². The molecule has 114 valence electrons. The van der Waals surface area contributed by atoms with Crippen LogP contribution in [-0.2, 0) is 0 Å². The van der Waals surface area contributed by atoms with E-state index in [-0.39, 0.29) is 5.69 Å². The average Bonchev–Trinajstić information content (AvgIpc) is 2.94. The number of fused-ring (bicyclic) bond motifs is 3. The van der Waals surface area contributed by atoms with Crippen LogP contribution in [0.15, 0.2) is 47.3 Å². The largest absolute Gasteiger partial charge is 0.436 e. The summed E-state index contributed by atoms with van der Waals surface area (Å²) in [7, 11) is 0. The summed E-state index contributed by atoms with van der Waals surface area (Å²) in [4.78, 5) is 16.6. The number of hydrogen-bond donors (Lipinski definition) is 1. The molecule has 0 aliphatic rings. The van der Waals surface area contributed by atoms with E-state index in [4.69, 9.17) is 4.74 Å². The fraction of sp³-hybridized carbons (Fsp3) is 0.118. The van der Waals surface area contributed by atoms with E-state index >= 15 is 0 Å². The van der Waals surface area contributed by atoms with Gasteiger partial charge in [-0.15, -0.1) is 5.10 Å². The monoisotopic (exact) mass is 306 g/mol. The van der Waals surface area contributed by atoms with Crippen LogP contribution in [0.5, 0.6) is 11.6 Å². The highest BCUT2D eigenvalue weighted by Crippen LogP contribution is 2.29. The van der Waals surface area contributed by atoms with Crippen molar-refractivity contribution < 1.29 is 4.74 Å². The van der Waals surface area contributed by atoms with Crippen molar-refractivity contribution in [3.63, 3.8) is 0 Å². The van der Waals surface area contributed by atoms with E-state index < -0.39 is 0 Å². The molecule has 0 radical (unpaired) electrons. The van der Waals surface area contributed by atoms with Crippen LogP contribution in [0.1, 0.15) is 11.1 Å². The molecule has 0 atom stereocenters. The zero-order valence-corrected chi connectivity index (χ0v) is 12.7. The Labute approximate surface area is 131 Å². The Bertz CT molecular complexity index is 1090. The number of aromatic nitrogens is 4. The smallest absolute Gasteiger partial charge is 0.348 e. The van der Waals surface area contributed by atoms with Crippen molar-refractivity contribution in [2.45, 2.75) is 13.8 Å². The second-order valence-electron chi connectivity index (χ2n) is 5.39. The number of nitrogens with zero attached hydrogens (tertiary/aromatic N) is 3. The van der Waals surface area contributed by atoms with E-state index in [1.54, 1.807) is 0 Å². The van der Waals surface area contributed by atoms with Gasteiger partial charge in [-0.25, -0.2) is 19.3 Å². The summed E-state index contributed by atoms with van der Waals surface area (Å²) < 4.78 is 7.45. The van der Waals surface area contributed by atoms with E-state index in [1.807, 2.05) is 56.3 Å². The Hall–Kier alpha value is -3.15. The second-order valence-corrected chi connectivity index (χ2v) is 5.39. The van der Waals surface area contributed by atoms with Gasteiger partial charge in [0, 0.05) is 0 Å². The minimum atomic E-state index is -0.315. The van der Waals surface area contributed by atoms with Gasteiger partial charge in [-0.2, -0.15) is 0 Å². The quantitative estimate of drug-likeness (QED) is 0.618. The average molecular weight is 306 g/mol. The SMILES string of the molecule is Cc1cccc(Oc2nc3ccccc3n3c(=O)[nH]nc23)c1C. The predicted molar refractivity (Wildman–Crippen MR) is 87.1 cm³/mol. The van der Waals surface area contributed by atoms with Crippen LogP contribution in [0.25, 0.3) is 16.7 Å². The topological polar surface area (TPSA) is 72.3 Å². The third-order valence-corrected chi connectivity index (χ3v) is 3.97. The molecule has 4 aromatic rings. The van der Waals surface area contributed by atoms with Gasteiger partial charge in [0.2, 0.25) is 5.65 Å². The number of nitrogens with one attached hydrogen (secondary N) is 1. The summed E-state index contributed by atoms with van der Waals surface area (Å²) in [6.45, 7) is 4.00. The van der Waals surface area contributed by atoms with Crippen LogP contribution >= 0.6 is 0 Å². The number of aryl methyl sites for hydroxylation is 1. The summed E-state index contributed by atoms with van der Waals surface area (Å²) in [6.07, 6.45) is 0. The van der Waals surface area contributed by atoms with Crippen LogP contribution in [-0.4, -0.2) is 19.6 Å². The minimum Gasteiger partial charge on any atom is -0.436 e. The highest BCUT2D eigenvalue weighted by atomic mass is 16.5. The number of para-hydroxylation sites is 2. The molecule has 2 aromatic carbocycles. The van der Waals surface area contributed by atoms with Crippen molar-refractivity contribution >= 4 is 16.7 Å². The molecule has 1 N–H and O–H groups in total. The lowest BCUT2D eigenvalue weighted by Crippen LogP contribution is -2.11. The van der Waals surface area contributed by atoms with Crippen molar-refractivity contribution in [3.8, 4) is 11.6 Å². The first-order chi connectivity index (χ1) is 11.1. The number of H-pyrrole nitrogens is 1. The maximum Gasteiger partial charge on any atom is 0.348 e. The maximum absolute atomic E-state index is 12.1. The van der Waals surface area contributed by atoms with Gasteiger partial charge in [-0.05, 0) is 43.2 Å². The zero-order chi connectivity index (χ0) is 16.0. The van der Waals surface area contributed by atoms with Crippen molar-refractivity contribution in [2.75, 3.05) is 0 Å². The molecule has 0 aliphatic heterocycles. The normalized spacial score (nSPS) is 11.2. The summed E-state index contributed by atoms with van der Waals surface area (Å²) >= 11 is 0. The van der Waals surface area contributed by atoms with Crippen LogP contribution in [0.4, 0.5) is 0 Å².